The van der Waals surface area contributed by atoms with Crippen LogP contribution in [0.5, 0.6) is 0 Å². The van der Waals surface area contributed by atoms with Gasteiger partial charge in [0.2, 0.25) is 11.8 Å². The molecule has 5 heteroatoms. The van der Waals surface area contributed by atoms with Gasteiger partial charge in [0.1, 0.15) is 12.4 Å². The zero-order chi connectivity index (χ0) is 13.8. The fourth-order valence-corrected chi connectivity index (χ4v) is 2.23. The number of halogens is 1. The number of hydrogen-bond acceptors (Lipinski definition) is 2. The van der Waals surface area contributed by atoms with E-state index in [-0.39, 0.29) is 18.4 Å². The van der Waals surface area contributed by atoms with Crippen LogP contribution in [0.3, 0.4) is 0 Å². The Hall–Kier alpha value is -1.91. The van der Waals surface area contributed by atoms with E-state index in [0.717, 1.165) is 25.9 Å². The Morgan fingerprint density at radius 2 is 2.00 bits per heavy atom. The average Bonchev–Trinajstić information content (AvgIpc) is 2.89. The number of rotatable bonds is 3. The lowest BCUT2D eigenvalue weighted by molar-refractivity contribution is -0.130. The van der Waals surface area contributed by atoms with Crippen molar-refractivity contribution in [2.24, 2.45) is 0 Å². The van der Waals surface area contributed by atoms with Crippen molar-refractivity contribution >= 4 is 17.5 Å². The van der Waals surface area contributed by atoms with Gasteiger partial charge in [0, 0.05) is 25.7 Å². The third-order valence-corrected chi connectivity index (χ3v) is 3.25. The van der Waals surface area contributed by atoms with Crippen molar-refractivity contribution in [3.63, 3.8) is 0 Å². The highest BCUT2D eigenvalue weighted by Gasteiger charge is 2.22. The number of nitrogens with zero attached hydrogens (tertiary/aromatic N) is 2. The zero-order valence-electron chi connectivity index (χ0n) is 10.9. The lowest BCUT2D eigenvalue weighted by Crippen LogP contribution is -2.41. The Balaban J connectivity index is 2.12. The second-order valence-electron chi connectivity index (χ2n) is 4.67. The Labute approximate surface area is 111 Å². The summed E-state index contributed by atoms with van der Waals surface area (Å²) in [7, 11) is 0. The predicted octanol–water partition coefficient (Wildman–Crippen LogP) is 1.80. The van der Waals surface area contributed by atoms with Crippen molar-refractivity contribution in [3.05, 3.63) is 30.1 Å². The maximum absolute atomic E-state index is 13.2. The van der Waals surface area contributed by atoms with Crippen LogP contribution < -0.4 is 4.90 Å². The van der Waals surface area contributed by atoms with E-state index in [0.29, 0.717) is 5.69 Å². The Kier molecular flexibility index (Phi) is 4.14. The van der Waals surface area contributed by atoms with Gasteiger partial charge >= 0.3 is 0 Å². The summed E-state index contributed by atoms with van der Waals surface area (Å²) in [5.74, 6) is -0.771. The molecule has 0 N–H and O–H groups in total. The van der Waals surface area contributed by atoms with E-state index >= 15 is 0 Å². The van der Waals surface area contributed by atoms with Crippen LogP contribution >= 0.6 is 0 Å². The SMILES string of the molecule is CC(=O)N(CC(=O)N1CCCC1)c1cccc(F)c1. The number of hydrogen-bond donors (Lipinski definition) is 0. The van der Waals surface area contributed by atoms with Gasteiger partial charge in [-0.3, -0.25) is 9.59 Å². The second kappa shape index (κ2) is 5.82. The van der Waals surface area contributed by atoms with Crippen LogP contribution in [-0.4, -0.2) is 36.3 Å². The van der Waals surface area contributed by atoms with E-state index in [1.165, 1.54) is 30.0 Å². The van der Waals surface area contributed by atoms with Gasteiger partial charge < -0.3 is 9.80 Å². The van der Waals surface area contributed by atoms with Crippen molar-refractivity contribution in [1.29, 1.82) is 0 Å². The topological polar surface area (TPSA) is 40.6 Å². The molecular formula is C14H17FN2O2. The molecule has 0 aliphatic carbocycles. The van der Waals surface area contributed by atoms with Crippen molar-refractivity contribution < 1.29 is 14.0 Å². The van der Waals surface area contributed by atoms with E-state index in [4.69, 9.17) is 0 Å². The normalized spacial score (nSPS) is 14.5. The lowest BCUT2D eigenvalue weighted by Gasteiger charge is -2.24. The molecule has 0 bridgehead atoms. The van der Waals surface area contributed by atoms with Gasteiger partial charge in [0.15, 0.2) is 0 Å². The molecule has 1 aliphatic rings. The molecule has 1 saturated heterocycles. The van der Waals surface area contributed by atoms with Gasteiger partial charge in [-0.2, -0.15) is 0 Å². The predicted molar refractivity (Wildman–Crippen MR) is 70.2 cm³/mol. The number of likely N-dealkylation sites (tertiary alicyclic amines) is 1. The molecule has 0 saturated carbocycles. The summed E-state index contributed by atoms with van der Waals surface area (Å²) >= 11 is 0. The van der Waals surface area contributed by atoms with E-state index in [1.54, 1.807) is 11.0 Å². The third kappa shape index (κ3) is 3.30. The molecule has 1 aromatic rings. The highest BCUT2D eigenvalue weighted by Crippen LogP contribution is 2.17. The van der Waals surface area contributed by atoms with E-state index in [1.807, 2.05) is 0 Å². The second-order valence-corrected chi connectivity index (χ2v) is 4.67. The monoisotopic (exact) mass is 264 g/mol. The molecule has 0 radical (unpaired) electrons. The van der Waals surface area contributed by atoms with Crippen molar-refractivity contribution in [3.8, 4) is 0 Å². The van der Waals surface area contributed by atoms with Crippen LogP contribution in [0.15, 0.2) is 24.3 Å². The first kappa shape index (κ1) is 13.5. The smallest absolute Gasteiger partial charge is 0.242 e. The molecule has 102 valence electrons. The minimum atomic E-state index is -0.419. The minimum absolute atomic E-state index is 0.0290. The van der Waals surface area contributed by atoms with Crippen LogP contribution in [0.25, 0.3) is 0 Å². The standard InChI is InChI=1S/C14H17FN2O2/c1-11(18)17(13-6-4-5-12(15)9-13)10-14(19)16-7-2-3-8-16/h4-6,9H,2-3,7-8,10H2,1H3. The summed E-state index contributed by atoms with van der Waals surface area (Å²) in [6.07, 6.45) is 2.01. The molecule has 4 nitrogen and oxygen atoms in total. The average molecular weight is 264 g/mol. The maximum Gasteiger partial charge on any atom is 0.242 e. The van der Waals surface area contributed by atoms with Crippen molar-refractivity contribution in [2.45, 2.75) is 19.8 Å². The van der Waals surface area contributed by atoms with Crippen LogP contribution in [0.2, 0.25) is 0 Å². The molecule has 0 aromatic heterocycles. The summed E-state index contributed by atoms with van der Waals surface area (Å²) in [5.41, 5.74) is 0.417. The largest absolute Gasteiger partial charge is 0.341 e. The maximum atomic E-state index is 13.2. The lowest BCUT2D eigenvalue weighted by atomic mass is 10.2. The van der Waals surface area contributed by atoms with Gasteiger partial charge in [-0.15, -0.1) is 0 Å². The fraction of sp³-hybridized carbons (Fsp3) is 0.429. The fourth-order valence-electron chi connectivity index (χ4n) is 2.23. The summed E-state index contributed by atoms with van der Waals surface area (Å²) < 4.78 is 13.2. The van der Waals surface area contributed by atoms with Crippen molar-refractivity contribution in [2.75, 3.05) is 24.5 Å². The molecule has 1 aromatic carbocycles. The highest BCUT2D eigenvalue weighted by molar-refractivity contribution is 5.97. The van der Waals surface area contributed by atoms with Crippen LogP contribution in [-0.2, 0) is 9.59 Å². The van der Waals surface area contributed by atoms with Gasteiger partial charge in [0.25, 0.3) is 0 Å². The van der Waals surface area contributed by atoms with E-state index in [9.17, 15) is 14.0 Å². The first-order chi connectivity index (χ1) is 9.08. The molecule has 2 amide bonds. The number of carbonyl (C=O) groups is 2. The summed E-state index contributed by atoms with van der Waals surface area (Å²) in [4.78, 5) is 26.8. The van der Waals surface area contributed by atoms with Gasteiger partial charge in [-0.25, -0.2) is 4.39 Å². The molecule has 0 atom stereocenters. The van der Waals surface area contributed by atoms with Crippen LogP contribution in [0.4, 0.5) is 10.1 Å². The number of benzene rings is 1. The molecule has 19 heavy (non-hydrogen) atoms. The Morgan fingerprint density at radius 1 is 1.32 bits per heavy atom. The quantitative estimate of drug-likeness (QED) is 0.835. The Morgan fingerprint density at radius 3 is 2.58 bits per heavy atom. The first-order valence-electron chi connectivity index (χ1n) is 6.39. The molecule has 1 heterocycles. The number of carbonyl (C=O) groups excluding carboxylic acids is 2. The van der Waals surface area contributed by atoms with Crippen LogP contribution in [0, 0.1) is 5.82 Å². The summed E-state index contributed by atoms with van der Waals surface area (Å²) in [6, 6.07) is 5.73. The van der Waals surface area contributed by atoms with Gasteiger partial charge in [0.05, 0.1) is 0 Å². The third-order valence-electron chi connectivity index (χ3n) is 3.25. The number of anilines is 1. The summed E-state index contributed by atoms with van der Waals surface area (Å²) in [6.45, 7) is 2.84. The zero-order valence-corrected chi connectivity index (χ0v) is 10.9. The first-order valence-corrected chi connectivity index (χ1v) is 6.39. The molecule has 1 aliphatic heterocycles. The van der Waals surface area contributed by atoms with E-state index < -0.39 is 5.82 Å². The molecule has 1 fully saturated rings. The molecule has 0 unspecified atom stereocenters. The number of amides is 2. The summed E-state index contributed by atoms with van der Waals surface area (Å²) in [5, 5.41) is 0. The molecule has 0 spiro atoms. The van der Waals surface area contributed by atoms with Crippen molar-refractivity contribution in [1.82, 2.24) is 4.90 Å². The highest BCUT2D eigenvalue weighted by atomic mass is 19.1. The minimum Gasteiger partial charge on any atom is -0.341 e. The molecule has 2 rings (SSSR count). The van der Waals surface area contributed by atoms with E-state index in [2.05, 4.69) is 0 Å². The Bertz CT molecular complexity index is 484. The molecular weight excluding hydrogens is 247 g/mol. The van der Waals surface area contributed by atoms with Crippen LogP contribution in [0.1, 0.15) is 19.8 Å². The van der Waals surface area contributed by atoms with Gasteiger partial charge in [-0.1, -0.05) is 6.07 Å². The van der Waals surface area contributed by atoms with Gasteiger partial charge in [-0.05, 0) is 31.0 Å².